The number of benzene rings is 2. The number of rotatable bonds is 9. The first-order valence-electron chi connectivity index (χ1n) is 12.5. The van der Waals surface area contributed by atoms with Gasteiger partial charge in [0.15, 0.2) is 6.29 Å². The van der Waals surface area contributed by atoms with E-state index in [-0.39, 0.29) is 19.5 Å². The van der Waals surface area contributed by atoms with E-state index >= 15 is 0 Å². The molecule has 228 valence electrons. The lowest BCUT2D eigenvalue weighted by molar-refractivity contribution is -0.254. The zero-order chi connectivity index (χ0) is 30.1. The number of aliphatic hydroxyl groups is 5. The summed E-state index contributed by atoms with van der Waals surface area (Å²) in [6.45, 7) is 0.404. The van der Waals surface area contributed by atoms with Gasteiger partial charge in [0.2, 0.25) is 5.91 Å². The van der Waals surface area contributed by atoms with Crippen LogP contribution in [0.4, 0.5) is 5.69 Å². The van der Waals surface area contributed by atoms with Crippen molar-refractivity contribution in [3.8, 4) is 11.8 Å². The van der Waals surface area contributed by atoms with Gasteiger partial charge in [-0.15, -0.1) is 0 Å². The monoisotopic (exact) mass is 588 g/mol. The van der Waals surface area contributed by atoms with Crippen LogP contribution in [0, 0.1) is 11.8 Å². The number of aliphatic hydroxyl groups excluding tert-OH is 5. The van der Waals surface area contributed by atoms with Crippen LogP contribution in [0.3, 0.4) is 0 Å². The molecule has 1 fully saturated rings. The van der Waals surface area contributed by atoms with Crippen molar-refractivity contribution in [1.29, 1.82) is 0 Å². The molecule has 1 aliphatic rings. The highest BCUT2D eigenvalue weighted by Crippen LogP contribution is 2.19. The molecule has 1 aliphatic heterocycles. The second kappa shape index (κ2) is 15.9. The molecule has 0 bridgehead atoms. The number of ether oxygens (including phenoxy) is 1. The standard InChI is InChI=1S/C27H32N4O10.CH4/c1-14(33)21(26(38)31-40)30-25(37)17-8-4-15(5-9-17)2-3-16-6-10-18(11-7-16)29-20(34)12-28-22-24(36)23(35)19(13-32)41-27(22)39;/h4-11,14,19,21-24,27-28,32-33,35-36,39-40H,12-13H2,1H3,(H,29,34)(H,30,37)(H,31,38);1H4/t14-,19-,21+,22-,23-,24-,27?;/m1./s1. The molecule has 2 aromatic carbocycles. The van der Waals surface area contributed by atoms with Gasteiger partial charge in [-0.25, -0.2) is 5.48 Å². The molecule has 42 heavy (non-hydrogen) atoms. The summed E-state index contributed by atoms with van der Waals surface area (Å²) in [6.07, 6.45) is -6.81. The molecule has 0 saturated carbocycles. The fraction of sp³-hybridized carbons (Fsp3) is 0.393. The summed E-state index contributed by atoms with van der Waals surface area (Å²) in [6, 6.07) is 10.3. The predicted octanol–water partition coefficient (Wildman–Crippen LogP) is -1.96. The zero-order valence-electron chi connectivity index (χ0n) is 21.9. The van der Waals surface area contributed by atoms with Gasteiger partial charge < -0.3 is 40.9 Å². The Kier molecular flexibility index (Phi) is 13.0. The Hall–Kier alpha value is -3.91. The van der Waals surface area contributed by atoms with E-state index in [4.69, 9.17) is 15.1 Å². The van der Waals surface area contributed by atoms with Crippen molar-refractivity contribution >= 4 is 23.4 Å². The van der Waals surface area contributed by atoms with Crippen LogP contribution in [0.1, 0.15) is 35.8 Å². The third-order valence-electron chi connectivity index (χ3n) is 6.23. The maximum Gasteiger partial charge on any atom is 0.268 e. The van der Waals surface area contributed by atoms with Gasteiger partial charge in [-0.3, -0.25) is 24.9 Å². The molecule has 1 unspecified atom stereocenters. The maximum atomic E-state index is 12.4. The fourth-order valence-corrected chi connectivity index (χ4v) is 3.92. The number of nitrogens with one attached hydrogen (secondary N) is 4. The number of hydroxylamine groups is 1. The first kappa shape index (κ1) is 34.3. The number of hydrogen-bond acceptors (Lipinski definition) is 11. The highest BCUT2D eigenvalue weighted by Gasteiger charge is 2.43. The molecule has 7 atom stereocenters. The minimum atomic E-state index is -1.54. The predicted molar refractivity (Wildman–Crippen MR) is 149 cm³/mol. The van der Waals surface area contributed by atoms with E-state index in [1.54, 1.807) is 36.4 Å². The summed E-state index contributed by atoms with van der Waals surface area (Å²) in [5.41, 5.74) is 3.30. The third-order valence-corrected chi connectivity index (χ3v) is 6.23. The molecular formula is C28H36N4O10. The van der Waals surface area contributed by atoms with Crippen LogP contribution in [-0.2, 0) is 14.3 Å². The summed E-state index contributed by atoms with van der Waals surface area (Å²) in [7, 11) is 0. The Morgan fingerprint density at radius 1 is 0.952 bits per heavy atom. The fourth-order valence-electron chi connectivity index (χ4n) is 3.92. The van der Waals surface area contributed by atoms with Crippen molar-refractivity contribution in [3.63, 3.8) is 0 Å². The second-order valence-electron chi connectivity index (χ2n) is 9.26. The Labute approximate surface area is 242 Å². The van der Waals surface area contributed by atoms with Crippen molar-refractivity contribution in [2.75, 3.05) is 18.5 Å². The average molecular weight is 589 g/mol. The Balaban J connectivity index is 0.00000616. The molecule has 0 spiro atoms. The van der Waals surface area contributed by atoms with Crippen LogP contribution in [-0.4, -0.2) is 104 Å². The van der Waals surface area contributed by atoms with E-state index in [1.165, 1.54) is 24.5 Å². The zero-order valence-corrected chi connectivity index (χ0v) is 21.9. The number of carbonyl (C=O) groups is 3. The summed E-state index contributed by atoms with van der Waals surface area (Å²) in [5, 5.41) is 65.2. The molecule has 14 nitrogen and oxygen atoms in total. The lowest BCUT2D eigenvalue weighted by Crippen LogP contribution is -2.63. The Bertz CT molecular complexity index is 1260. The van der Waals surface area contributed by atoms with Crippen LogP contribution in [0.15, 0.2) is 48.5 Å². The highest BCUT2D eigenvalue weighted by atomic mass is 16.6. The van der Waals surface area contributed by atoms with Crippen molar-refractivity contribution < 1.29 is 49.9 Å². The van der Waals surface area contributed by atoms with Gasteiger partial charge >= 0.3 is 0 Å². The van der Waals surface area contributed by atoms with E-state index in [9.17, 15) is 34.8 Å². The van der Waals surface area contributed by atoms with E-state index in [2.05, 4.69) is 27.8 Å². The summed E-state index contributed by atoms with van der Waals surface area (Å²) in [5.74, 6) is 3.83. The van der Waals surface area contributed by atoms with Gasteiger partial charge in [-0.2, -0.15) is 0 Å². The summed E-state index contributed by atoms with van der Waals surface area (Å²) < 4.78 is 5.04. The number of hydrogen-bond donors (Lipinski definition) is 10. The van der Waals surface area contributed by atoms with Gasteiger partial charge in [-0.1, -0.05) is 19.3 Å². The lowest BCUT2D eigenvalue weighted by Gasteiger charge is -2.40. The molecule has 10 N–H and O–H groups in total. The van der Waals surface area contributed by atoms with Gasteiger partial charge in [0.05, 0.1) is 25.3 Å². The second-order valence-corrected chi connectivity index (χ2v) is 9.26. The minimum Gasteiger partial charge on any atom is -0.394 e. The van der Waals surface area contributed by atoms with Crippen LogP contribution >= 0.6 is 0 Å². The molecule has 3 amide bonds. The van der Waals surface area contributed by atoms with Crippen LogP contribution in [0.5, 0.6) is 0 Å². The topological polar surface area (TPSA) is 230 Å². The van der Waals surface area contributed by atoms with Gasteiger partial charge in [-0.05, 0) is 55.5 Å². The van der Waals surface area contributed by atoms with Crippen LogP contribution in [0.25, 0.3) is 0 Å². The van der Waals surface area contributed by atoms with Crippen molar-refractivity contribution in [1.82, 2.24) is 16.1 Å². The molecule has 1 heterocycles. The van der Waals surface area contributed by atoms with E-state index in [0.29, 0.717) is 16.8 Å². The van der Waals surface area contributed by atoms with Gasteiger partial charge in [0, 0.05) is 22.4 Å². The van der Waals surface area contributed by atoms with E-state index in [1.807, 2.05) is 0 Å². The Morgan fingerprint density at radius 3 is 2.05 bits per heavy atom. The SMILES string of the molecule is C.C[C@@H](O)[C@H](NC(=O)c1ccc(C#Cc2ccc(NC(=O)CN[C@H]3C(O)O[C@H](CO)[C@@H](O)[C@@H]3O)cc2)cc1)C(=O)NO. The molecule has 14 heteroatoms. The lowest BCUT2D eigenvalue weighted by atomic mass is 9.97. The highest BCUT2D eigenvalue weighted by molar-refractivity contribution is 5.97. The number of carbonyl (C=O) groups excluding carboxylic acids is 3. The molecule has 0 aromatic heterocycles. The van der Waals surface area contributed by atoms with Crippen molar-refractivity contribution in [2.24, 2.45) is 0 Å². The van der Waals surface area contributed by atoms with Gasteiger partial charge in [0.25, 0.3) is 11.8 Å². The normalized spacial score (nSPS) is 22.8. The summed E-state index contributed by atoms with van der Waals surface area (Å²) in [4.78, 5) is 36.3. The first-order chi connectivity index (χ1) is 19.5. The van der Waals surface area contributed by atoms with Gasteiger partial charge in [0.1, 0.15) is 24.4 Å². The van der Waals surface area contributed by atoms with E-state index < -0.39 is 67.1 Å². The molecule has 2 aromatic rings. The summed E-state index contributed by atoms with van der Waals surface area (Å²) >= 11 is 0. The molecule has 0 aliphatic carbocycles. The van der Waals surface area contributed by atoms with E-state index in [0.717, 1.165) is 0 Å². The van der Waals surface area contributed by atoms with Crippen LogP contribution in [0.2, 0.25) is 0 Å². The average Bonchev–Trinajstić information content (AvgIpc) is 2.96. The molecule has 0 radical (unpaired) electrons. The van der Waals surface area contributed by atoms with Crippen molar-refractivity contribution in [2.45, 2.75) is 57.1 Å². The molecule has 3 rings (SSSR count). The smallest absolute Gasteiger partial charge is 0.268 e. The quantitative estimate of drug-likeness (QED) is 0.0878. The Morgan fingerprint density at radius 2 is 1.52 bits per heavy atom. The third kappa shape index (κ3) is 9.05. The maximum absolute atomic E-state index is 12.4. The largest absolute Gasteiger partial charge is 0.394 e. The van der Waals surface area contributed by atoms with Crippen molar-refractivity contribution in [3.05, 3.63) is 65.2 Å². The minimum absolute atomic E-state index is 0. The van der Waals surface area contributed by atoms with Crippen LogP contribution < -0.4 is 21.4 Å². The number of anilines is 1. The molecular weight excluding hydrogens is 552 g/mol. The first-order valence-corrected chi connectivity index (χ1v) is 12.5. The molecule has 1 saturated heterocycles. The number of amides is 3.